The number of aliphatic hydroxyl groups excluding tert-OH is 2. The van der Waals surface area contributed by atoms with E-state index in [2.05, 4.69) is 21.0 Å². The summed E-state index contributed by atoms with van der Waals surface area (Å²) in [6.07, 6.45) is 0.302. The summed E-state index contributed by atoms with van der Waals surface area (Å²) >= 11 is 2.69. The number of ether oxygens (including phenoxy) is 1. The summed E-state index contributed by atoms with van der Waals surface area (Å²) in [5, 5.41) is 18.6. The van der Waals surface area contributed by atoms with E-state index in [1.165, 1.54) is 0 Å². The van der Waals surface area contributed by atoms with E-state index in [0.717, 1.165) is 0 Å². The standard InChI is InChI=1S/C10H13N2O4Se/c1-5-3-12(10(17)11-9(5)15)8-2-6(14)7(4-13)16-8/h3,6-8,13-14H,2,4H2,1H3/t6-,7+,8+/m0/s1. The quantitative estimate of drug-likeness (QED) is 0.617. The first-order valence-corrected chi connectivity index (χ1v) is 6.09. The molecule has 1 aromatic rings. The summed E-state index contributed by atoms with van der Waals surface area (Å²) in [7, 11) is 0. The van der Waals surface area contributed by atoms with Crippen LogP contribution in [0, 0.1) is 6.92 Å². The summed E-state index contributed by atoms with van der Waals surface area (Å²) < 4.78 is 7.56. The molecule has 1 saturated heterocycles. The first kappa shape index (κ1) is 12.7. The van der Waals surface area contributed by atoms with Gasteiger partial charge in [0.05, 0.1) is 0 Å². The molecule has 1 radical (unpaired) electrons. The molecule has 6 nitrogen and oxygen atoms in total. The van der Waals surface area contributed by atoms with E-state index in [9.17, 15) is 9.90 Å². The molecule has 7 heteroatoms. The van der Waals surface area contributed by atoms with Crippen molar-refractivity contribution in [3.63, 3.8) is 0 Å². The van der Waals surface area contributed by atoms with Crippen LogP contribution in [0.3, 0.4) is 0 Å². The molecule has 1 aromatic heterocycles. The van der Waals surface area contributed by atoms with Gasteiger partial charge in [0.25, 0.3) is 0 Å². The first-order valence-electron chi connectivity index (χ1n) is 5.24. The van der Waals surface area contributed by atoms with Crippen LogP contribution in [-0.2, 0) is 4.74 Å². The molecule has 0 aromatic carbocycles. The summed E-state index contributed by atoms with van der Waals surface area (Å²) in [4.78, 5) is 15.1. The van der Waals surface area contributed by atoms with E-state index in [-0.39, 0.29) is 12.2 Å². The number of rotatable bonds is 2. The monoisotopic (exact) mass is 305 g/mol. The number of aliphatic hydroxyl groups is 2. The third kappa shape index (κ3) is 2.43. The molecule has 17 heavy (non-hydrogen) atoms. The molecule has 1 aliphatic heterocycles. The van der Waals surface area contributed by atoms with E-state index >= 15 is 0 Å². The molecule has 2 heterocycles. The molecular formula is C10H13N2O4Se. The Morgan fingerprint density at radius 2 is 2.41 bits per heavy atom. The van der Waals surface area contributed by atoms with Gasteiger partial charge in [0, 0.05) is 0 Å². The van der Waals surface area contributed by atoms with Gasteiger partial charge in [0.2, 0.25) is 0 Å². The third-order valence-electron chi connectivity index (χ3n) is 2.78. The topological polar surface area (TPSA) is 84.6 Å². The fourth-order valence-corrected chi connectivity index (χ4v) is 2.34. The van der Waals surface area contributed by atoms with Crippen molar-refractivity contribution in [2.24, 2.45) is 0 Å². The van der Waals surface area contributed by atoms with Gasteiger partial charge in [-0.15, -0.1) is 0 Å². The number of aromatic nitrogens is 2. The maximum absolute atomic E-state index is 11.3. The SMILES string of the molecule is Cc1cn([C@H]2C[C@H](O)[C@@H](CO)O2)c([Se])nc1=O. The minimum absolute atomic E-state index is 0.229. The summed E-state index contributed by atoms with van der Waals surface area (Å²) in [5.74, 6) is 0. The Labute approximate surface area is 106 Å². The average Bonchev–Trinajstić information content (AvgIpc) is 2.65. The fourth-order valence-electron chi connectivity index (χ4n) is 1.81. The molecule has 93 valence electrons. The molecule has 3 atom stereocenters. The summed E-state index contributed by atoms with van der Waals surface area (Å²) in [6.45, 7) is 1.44. The first-order chi connectivity index (χ1) is 8.02. The molecule has 0 bridgehead atoms. The van der Waals surface area contributed by atoms with Gasteiger partial charge in [-0.25, -0.2) is 0 Å². The molecule has 1 fully saturated rings. The predicted octanol–water partition coefficient (Wildman–Crippen LogP) is -2.01. The van der Waals surface area contributed by atoms with Crippen LogP contribution in [0.4, 0.5) is 0 Å². The van der Waals surface area contributed by atoms with Gasteiger partial charge in [-0.1, -0.05) is 0 Å². The Morgan fingerprint density at radius 1 is 1.71 bits per heavy atom. The van der Waals surface area contributed by atoms with Crippen LogP contribution in [-0.4, -0.2) is 54.6 Å². The molecule has 1 aliphatic rings. The van der Waals surface area contributed by atoms with Crippen LogP contribution in [0.25, 0.3) is 0 Å². The second-order valence-corrected chi connectivity index (χ2v) is 4.80. The van der Waals surface area contributed by atoms with Gasteiger partial charge in [-0.3, -0.25) is 0 Å². The van der Waals surface area contributed by atoms with Crippen molar-refractivity contribution in [3.05, 3.63) is 22.1 Å². The molecule has 0 saturated carbocycles. The average molecular weight is 304 g/mol. The number of aryl methyl sites for hydroxylation is 1. The molecule has 0 amide bonds. The maximum atomic E-state index is 11.3. The van der Waals surface area contributed by atoms with Crippen LogP contribution in [0.1, 0.15) is 18.2 Å². The van der Waals surface area contributed by atoms with Crippen molar-refractivity contribution in [2.45, 2.75) is 31.8 Å². The molecular weight excluding hydrogens is 291 g/mol. The fraction of sp³-hybridized carbons (Fsp3) is 0.600. The minimum atomic E-state index is -0.705. The van der Waals surface area contributed by atoms with E-state index in [1.54, 1.807) is 17.7 Å². The Balaban J connectivity index is 2.30. The van der Waals surface area contributed by atoms with Crippen LogP contribution < -0.4 is 10.3 Å². The molecule has 2 rings (SSSR count). The van der Waals surface area contributed by atoms with E-state index in [0.29, 0.717) is 16.7 Å². The van der Waals surface area contributed by atoms with Crippen molar-refractivity contribution in [3.8, 4) is 0 Å². The van der Waals surface area contributed by atoms with E-state index in [1.807, 2.05) is 0 Å². The third-order valence-corrected chi connectivity index (χ3v) is 3.42. The van der Waals surface area contributed by atoms with Crippen molar-refractivity contribution >= 4 is 20.7 Å². The van der Waals surface area contributed by atoms with E-state index < -0.39 is 18.4 Å². The van der Waals surface area contributed by atoms with Gasteiger partial charge in [0.15, 0.2) is 0 Å². The van der Waals surface area contributed by atoms with Crippen molar-refractivity contribution in [1.29, 1.82) is 0 Å². The molecule has 2 N–H and O–H groups in total. The van der Waals surface area contributed by atoms with E-state index in [4.69, 9.17) is 9.84 Å². The molecule has 0 unspecified atom stereocenters. The Hall–Kier alpha value is -0.721. The zero-order valence-electron chi connectivity index (χ0n) is 9.24. The Kier molecular flexibility index (Phi) is 3.65. The summed E-state index contributed by atoms with van der Waals surface area (Å²) in [6, 6.07) is 0. The number of hydrogen-bond acceptors (Lipinski definition) is 5. The second kappa shape index (κ2) is 4.88. The predicted molar refractivity (Wildman–Crippen MR) is 60.2 cm³/mol. The second-order valence-electron chi connectivity index (χ2n) is 4.03. The zero-order chi connectivity index (χ0) is 12.6. The molecule has 0 aliphatic carbocycles. The van der Waals surface area contributed by atoms with Crippen LogP contribution in [0.5, 0.6) is 0 Å². The molecule has 0 spiro atoms. The number of hydrogen-bond donors (Lipinski definition) is 2. The zero-order valence-corrected chi connectivity index (χ0v) is 11.0. The normalized spacial score (nSPS) is 28.5. The van der Waals surface area contributed by atoms with Crippen molar-refractivity contribution in [1.82, 2.24) is 9.55 Å². The van der Waals surface area contributed by atoms with Gasteiger partial charge >= 0.3 is 106 Å². The van der Waals surface area contributed by atoms with Crippen molar-refractivity contribution in [2.75, 3.05) is 6.61 Å². The van der Waals surface area contributed by atoms with Crippen molar-refractivity contribution < 1.29 is 14.9 Å². The van der Waals surface area contributed by atoms with Crippen LogP contribution in [0.15, 0.2) is 11.0 Å². The van der Waals surface area contributed by atoms with Crippen LogP contribution >= 0.6 is 0 Å². The van der Waals surface area contributed by atoms with Gasteiger partial charge in [-0.05, 0) is 0 Å². The van der Waals surface area contributed by atoms with Gasteiger partial charge in [-0.2, -0.15) is 0 Å². The number of nitrogens with zero attached hydrogens (tertiary/aromatic N) is 2. The van der Waals surface area contributed by atoms with Gasteiger partial charge < -0.3 is 0 Å². The Morgan fingerprint density at radius 3 is 3.00 bits per heavy atom. The van der Waals surface area contributed by atoms with Gasteiger partial charge in [0.1, 0.15) is 0 Å². The van der Waals surface area contributed by atoms with Crippen LogP contribution in [0.2, 0.25) is 0 Å². The summed E-state index contributed by atoms with van der Waals surface area (Å²) in [5.41, 5.74) is 0.224. The Bertz CT molecular complexity index is 476.